The summed E-state index contributed by atoms with van der Waals surface area (Å²) in [5, 5.41) is 0. The van der Waals surface area contributed by atoms with Gasteiger partial charge in [-0.1, -0.05) is 13.5 Å². The minimum absolute atomic E-state index is 0.00962. The molecule has 0 saturated carbocycles. The standard InChI is InChI=1S/C11H21NO/c1-6-9(2)12-7-10(8-12)13-11(3,4)5/h10H,2,6-8H2,1,3-5H3. The summed E-state index contributed by atoms with van der Waals surface area (Å²) in [4.78, 5) is 2.29. The van der Waals surface area contributed by atoms with Gasteiger partial charge in [0.2, 0.25) is 0 Å². The fourth-order valence-corrected chi connectivity index (χ4v) is 1.49. The summed E-state index contributed by atoms with van der Waals surface area (Å²) in [6.07, 6.45) is 1.45. The Balaban J connectivity index is 2.22. The van der Waals surface area contributed by atoms with Crippen LogP contribution in [0.25, 0.3) is 0 Å². The molecule has 0 radical (unpaired) electrons. The molecular weight excluding hydrogens is 162 g/mol. The van der Waals surface area contributed by atoms with Crippen LogP contribution in [0.15, 0.2) is 12.3 Å². The number of ether oxygens (including phenoxy) is 1. The van der Waals surface area contributed by atoms with E-state index >= 15 is 0 Å². The summed E-state index contributed by atoms with van der Waals surface area (Å²) in [6.45, 7) is 14.5. The highest BCUT2D eigenvalue weighted by Crippen LogP contribution is 2.22. The smallest absolute Gasteiger partial charge is 0.0931 e. The van der Waals surface area contributed by atoms with E-state index in [-0.39, 0.29) is 5.60 Å². The van der Waals surface area contributed by atoms with Crippen molar-refractivity contribution in [2.45, 2.75) is 45.8 Å². The van der Waals surface area contributed by atoms with Crippen molar-refractivity contribution in [3.05, 3.63) is 12.3 Å². The van der Waals surface area contributed by atoms with E-state index in [1.54, 1.807) is 0 Å². The second kappa shape index (κ2) is 3.70. The van der Waals surface area contributed by atoms with Crippen molar-refractivity contribution in [1.82, 2.24) is 4.90 Å². The zero-order valence-electron chi connectivity index (χ0n) is 9.26. The number of allylic oxidation sites excluding steroid dienone is 1. The van der Waals surface area contributed by atoms with E-state index in [4.69, 9.17) is 4.74 Å². The topological polar surface area (TPSA) is 12.5 Å². The third-order valence-electron chi connectivity index (χ3n) is 2.22. The zero-order valence-corrected chi connectivity index (χ0v) is 9.26. The van der Waals surface area contributed by atoms with Gasteiger partial charge in [-0.3, -0.25) is 0 Å². The summed E-state index contributed by atoms with van der Waals surface area (Å²) in [5.41, 5.74) is 1.22. The lowest BCUT2D eigenvalue weighted by Gasteiger charge is -2.44. The number of likely N-dealkylation sites (tertiary alicyclic amines) is 1. The molecule has 0 aromatic rings. The maximum atomic E-state index is 5.82. The Morgan fingerprint density at radius 1 is 1.46 bits per heavy atom. The lowest BCUT2D eigenvalue weighted by molar-refractivity contribution is -0.115. The van der Waals surface area contributed by atoms with Gasteiger partial charge in [-0.05, 0) is 27.2 Å². The van der Waals surface area contributed by atoms with Gasteiger partial charge in [-0.25, -0.2) is 0 Å². The van der Waals surface area contributed by atoms with Crippen LogP contribution in [0.2, 0.25) is 0 Å². The van der Waals surface area contributed by atoms with Crippen LogP contribution in [-0.2, 0) is 4.74 Å². The molecule has 2 heteroatoms. The monoisotopic (exact) mass is 183 g/mol. The SMILES string of the molecule is C=C(CC)N1CC(OC(C)(C)C)C1. The zero-order chi connectivity index (χ0) is 10.1. The van der Waals surface area contributed by atoms with E-state index in [0.717, 1.165) is 19.5 Å². The highest BCUT2D eigenvalue weighted by molar-refractivity contribution is 5.00. The molecule has 0 unspecified atom stereocenters. The van der Waals surface area contributed by atoms with Gasteiger partial charge in [0.25, 0.3) is 0 Å². The first-order valence-electron chi connectivity index (χ1n) is 5.03. The third-order valence-corrected chi connectivity index (χ3v) is 2.22. The van der Waals surface area contributed by atoms with Crippen molar-refractivity contribution in [1.29, 1.82) is 0 Å². The molecule has 1 rings (SSSR count). The first-order valence-corrected chi connectivity index (χ1v) is 5.03. The minimum atomic E-state index is -0.00962. The van der Waals surface area contributed by atoms with E-state index < -0.39 is 0 Å². The third kappa shape index (κ3) is 3.03. The molecule has 0 spiro atoms. The molecule has 0 aliphatic carbocycles. The van der Waals surface area contributed by atoms with Crippen LogP contribution in [0.5, 0.6) is 0 Å². The normalized spacial score (nSPS) is 18.6. The Hall–Kier alpha value is -0.500. The molecule has 2 nitrogen and oxygen atoms in total. The van der Waals surface area contributed by atoms with E-state index in [0.29, 0.717) is 6.10 Å². The van der Waals surface area contributed by atoms with Crippen LogP contribution >= 0.6 is 0 Å². The molecule has 76 valence electrons. The fraction of sp³-hybridized carbons (Fsp3) is 0.818. The van der Waals surface area contributed by atoms with Crippen LogP contribution in [0.1, 0.15) is 34.1 Å². The summed E-state index contributed by atoms with van der Waals surface area (Å²) >= 11 is 0. The molecule has 1 aliphatic rings. The highest BCUT2D eigenvalue weighted by Gasteiger charge is 2.30. The van der Waals surface area contributed by atoms with Crippen LogP contribution in [0.4, 0.5) is 0 Å². The van der Waals surface area contributed by atoms with E-state index in [2.05, 4.69) is 39.2 Å². The van der Waals surface area contributed by atoms with Crippen molar-refractivity contribution in [3.8, 4) is 0 Å². The summed E-state index contributed by atoms with van der Waals surface area (Å²) < 4.78 is 5.82. The van der Waals surface area contributed by atoms with Gasteiger partial charge >= 0.3 is 0 Å². The van der Waals surface area contributed by atoms with Crippen molar-refractivity contribution >= 4 is 0 Å². The van der Waals surface area contributed by atoms with Crippen LogP contribution in [-0.4, -0.2) is 29.7 Å². The number of nitrogens with zero attached hydrogens (tertiary/aromatic N) is 1. The van der Waals surface area contributed by atoms with Gasteiger partial charge in [-0.15, -0.1) is 0 Å². The average Bonchev–Trinajstić information content (AvgIpc) is 1.92. The molecule has 1 fully saturated rings. The van der Waals surface area contributed by atoms with Crippen LogP contribution in [0.3, 0.4) is 0 Å². The molecule has 1 saturated heterocycles. The average molecular weight is 183 g/mol. The molecule has 0 aromatic carbocycles. The van der Waals surface area contributed by atoms with Gasteiger partial charge in [0.15, 0.2) is 0 Å². The van der Waals surface area contributed by atoms with Gasteiger partial charge < -0.3 is 9.64 Å². The van der Waals surface area contributed by atoms with Crippen molar-refractivity contribution < 1.29 is 4.74 Å². The van der Waals surface area contributed by atoms with E-state index in [9.17, 15) is 0 Å². The second-order valence-corrected chi connectivity index (χ2v) is 4.68. The lowest BCUT2D eigenvalue weighted by Crippen LogP contribution is -2.53. The van der Waals surface area contributed by atoms with Crippen molar-refractivity contribution in [2.24, 2.45) is 0 Å². The highest BCUT2D eigenvalue weighted by atomic mass is 16.5. The lowest BCUT2D eigenvalue weighted by atomic mass is 10.1. The number of hydrogen-bond acceptors (Lipinski definition) is 2. The molecule has 0 amide bonds. The first kappa shape index (κ1) is 10.6. The molecule has 0 aromatic heterocycles. The van der Waals surface area contributed by atoms with Crippen LogP contribution in [0, 0.1) is 0 Å². The molecule has 1 heterocycles. The quantitative estimate of drug-likeness (QED) is 0.666. The fourth-order valence-electron chi connectivity index (χ4n) is 1.49. The molecule has 0 N–H and O–H groups in total. The number of rotatable bonds is 3. The first-order chi connectivity index (χ1) is 5.92. The van der Waals surface area contributed by atoms with Gasteiger partial charge in [-0.2, -0.15) is 0 Å². The Labute approximate surface area is 81.6 Å². The molecule has 0 atom stereocenters. The second-order valence-electron chi connectivity index (χ2n) is 4.68. The van der Waals surface area contributed by atoms with Gasteiger partial charge in [0, 0.05) is 18.8 Å². The summed E-state index contributed by atoms with van der Waals surface area (Å²) in [6, 6.07) is 0. The Morgan fingerprint density at radius 2 is 2.00 bits per heavy atom. The number of hydrogen-bond donors (Lipinski definition) is 0. The van der Waals surface area contributed by atoms with Crippen molar-refractivity contribution in [3.63, 3.8) is 0 Å². The van der Waals surface area contributed by atoms with E-state index in [1.807, 2.05) is 0 Å². The summed E-state index contributed by atoms with van der Waals surface area (Å²) in [5.74, 6) is 0. The Morgan fingerprint density at radius 3 is 2.38 bits per heavy atom. The Bertz CT molecular complexity index is 187. The maximum Gasteiger partial charge on any atom is 0.0931 e. The molecule has 1 aliphatic heterocycles. The predicted octanol–water partition coefficient (Wildman–Crippen LogP) is 2.41. The van der Waals surface area contributed by atoms with Gasteiger partial charge in [0.05, 0.1) is 11.7 Å². The molecule has 13 heavy (non-hydrogen) atoms. The largest absolute Gasteiger partial charge is 0.370 e. The predicted molar refractivity (Wildman–Crippen MR) is 55.6 cm³/mol. The molecule has 0 bridgehead atoms. The van der Waals surface area contributed by atoms with Crippen LogP contribution < -0.4 is 0 Å². The summed E-state index contributed by atoms with van der Waals surface area (Å²) in [7, 11) is 0. The Kier molecular flexibility index (Phi) is 3.01. The minimum Gasteiger partial charge on any atom is -0.370 e. The van der Waals surface area contributed by atoms with Gasteiger partial charge in [0.1, 0.15) is 0 Å². The molecular formula is C11H21NO. The maximum absolute atomic E-state index is 5.82. The van der Waals surface area contributed by atoms with E-state index in [1.165, 1.54) is 5.70 Å². The van der Waals surface area contributed by atoms with Crippen molar-refractivity contribution in [2.75, 3.05) is 13.1 Å².